The fraction of sp³-hybridized carbons (Fsp3) is 0.429. The monoisotopic (exact) mass is 174 g/mol. The van der Waals surface area contributed by atoms with Gasteiger partial charge in [-0.1, -0.05) is 0 Å². The summed E-state index contributed by atoms with van der Waals surface area (Å²) in [7, 11) is 0. The zero-order valence-electron chi connectivity index (χ0n) is 6.80. The molecule has 0 aliphatic carbocycles. The molecule has 0 atom stereocenters. The van der Waals surface area contributed by atoms with Crippen molar-refractivity contribution in [3.63, 3.8) is 0 Å². The maximum absolute atomic E-state index is 8.32. The van der Waals surface area contributed by atoms with Gasteiger partial charge in [0, 0.05) is 13.1 Å². The molecule has 0 unspecified atom stereocenters. The predicted molar refractivity (Wildman–Crippen MR) is 40.5 cm³/mol. The van der Waals surface area contributed by atoms with Gasteiger partial charge in [-0.05, 0) is 6.42 Å². The highest BCUT2D eigenvalue weighted by molar-refractivity contribution is 4.89. The molecule has 0 radical (unpaired) electrons. The molecule has 0 spiro atoms. The highest BCUT2D eigenvalue weighted by Crippen LogP contribution is 1.90. The number of nitrogens with zero attached hydrogens (tertiary/aromatic N) is 6. The zero-order chi connectivity index (χ0) is 10.1. The van der Waals surface area contributed by atoms with Crippen molar-refractivity contribution in [3.8, 4) is 24.8 Å². The van der Waals surface area contributed by atoms with Crippen molar-refractivity contribution >= 4 is 0 Å². The van der Waals surface area contributed by atoms with Crippen LogP contribution in [0, 0.1) is 45.8 Å². The third-order valence-electron chi connectivity index (χ3n) is 1.25. The van der Waals surface area contributed by atoms with Crippen LogP contribution in [0.4, 0.5) is 0 Å². The molecule has 64 valence electrons. The molecule has 0 aromatic heterocycles. The van der Waals surface area contributed by atoms with Crippen molar-refractivity contribution in [2.45, 2.75) is 6.42 Å². The fourth-order valence-corrected chi connectivity index (χ4v) is 0.632. The normalized spacial score (nSPS) is 7.08. The summed E-state index contributed by atoms with van der Waals surface area (Å²) in [6, 6.07) is 0. The molecule has 0 bridgehead atoms. The molecule has 0 saturated heterocycles. The lowest BCUT2D eigenvalue weighted by Crippen LogP contribution is -2.19. The fourth-order valence-electron chi connectivity index (χ4n) is 0.632. The summed E-state index contributed by atoms with van der Waals surface area (Å²) in [6.07, 6.45) is 7.02. The van der Waals surface area contributed by atoms with E-state index in [1.165, 1.54) is 0 Å². The first kappa shape index (κ1) is 10.6. The van der Waals surface area contributed by atoms with Gasteiger partial charge in [0.25, 0.3) is 0 Å². The van der Waals surface area contributed by atoms with Crippen molar-refractivity contribution in [2.24, 2.45) is 0 Å². The Morgan fingerprint density at radius 3 is 1.23 bits per heavy atom. The van der Waals surface area contributed by atoms with E-state index >= 15 is 0 Å². The summed E-state index contributed by atoms with van der Waals surface area (Å²) < 4.78 is 0. The highest BCUT2D eigenvalue weighted by atomic mass is 15.1. The van der Waals surface area contributed by atoms with E-state index in [1.54, 1.807) is 24.8 Å². The average molecular weight is 174 g/mol. The van der Waals surface area contributed by atoms with Gasteiger partial charge < -0.3 is 0 Å². The van der Waals surface area contributed by atoms with E-state index in [2.05, 4.69) is 0 Å². The van der Waals surface area contributed by atoms with Gasteiger partial charge in [-0.15, -0.1) is 0 Å². The number of nitriles is 4. The van der Waals surface area contributed by atoms with Gasteiger partial charge in [-0.3, -0.25) is 0 Å². The van der Waals surface area contributed by atoms with Gasteiger partial charge in [-0.25, -0.2) is 9.80 Å². The number of rotatable bonds is 4. The second kappa shape index (κ2) is 6.28. The first-order valence-corrected chi connectivity index (χ1v) is 3.42. The molecule has 0 rings (SSSR count). The van der Waals surface area contributed by atoms with E-state index in [1.807, 2.05) is 0 Å². The van der Waals surface area contributed by atoms with Gasteiger partial charge in [-0.2, -0.15) is 21.0 Å². The summed E-state index contributed by atoms with van der Waals surface area (Å²) in [5.41, 5.74) is 0. The van der Waals surface area contributed by atoms with Crippen LogP contribution >= 0.6 is 0 Å². The van der Waals surface area contributed by atoms with E-state index < -0.39 is 0 Å². The van der Waals surface area contributed by atoms with Crippen molar-refractivity contribution in [3.05, 3.63) is 0 Å². The minimum absolute atomic E-state index is 0.229. The largest absolute Gasteiger partial charge is 0.215 e. The van der Waals surface area contributed by atoms with E-state index in [4.69, 9.17) is 21.0 Å². The maximum Gasteiger partial charge on any atom is 0.193 e. The van der Waals surface area contributed by atoms with E-state index in [9.17, 15) is 0 Å². The molecule has 0 heterocycles. The standard InChI is InChI=1S/C7H6N6/c8-4-12(5-9)2-1-3-13(6-10)7-11/h1-3H2. The molecule has 0 N–H and O–H groups in total. The van der Waals surface area contributed by atoms with Crippen molar-refractivity contribution < 1.29 is 0 Å². The Kier molecular flexibility index (Phi) is 5.10. The Labute approximate surface area is 76.0 Å². The Bertz CT molecular complexity index is 248. The second-order valence-corrected chi connectivity index (χ2v) is 2.06. The first-order chi connectivity index (χ1) is 6.28. The highest BCUT2D eigenvalue weighted by Gasteiger charge is 2.02. The third-order valence-corrected chi connectivity index (χ3v) is 1.25. The summed E-state index contributed by atoms with van der Waals surface area (Å²) in [4.78, 5) is 1.76. The average Bonchev–Trinajstić information content (AvgIpc) is 2.19. The Morgan fingerprint density at radius 1 is 0.692 bits per heavy atom. The molecule has 13 heavy (non-hydrogen) atoms. The van der Waals surface area contributed by atoms with Gasteiger partial charge >= 0.3 is 0 Å². The van der Waals surface area contributed by atoms with Gasteiger partial charge in [0.2, 0.25) is 0 Å². The molecule has 6 heteroatoms. The van der Waals surface area contributed by atoms with Crippen molar-refractivity contribution in [1.82, 2.24) is 9.80 Å². The summed E-state index contributed by atoms with van der Waals surface area (Å²) >= 11 is 0. The van der Waals surface area contributed by atoms with E-state index in [-0.39, 0.29) is 13.1 Å². The third kappa shape index (κ3) is 4.09. The minimum Gasteiger partial charge on any atom is -0.215 e. The molecule has 6 nitrogen and oxygen atoms in total. The second-order valence-electron chi connectivity index (χ2n) is 2.06. The van der Waals surface area contributed by atoms with Crippen LogP contribution in [0.3, 0.4) is 0 Å². The van der Waals surface area contributed by atoms with Crippen LogP contribution in [-0.2, 0) is 0 Å². The van der Waals surface area contributed by atoms with Gasteiger partial charge in [0.1, 0.15) is 0 Å². The van der Waals surface area contributed by atoms with Crippen LogP contribution in [0.1, 0.15) is 6.42 Å². The lowest BCUT2D eigenvalue weighted by Gasteiger charge is -2.06. The Balaban J connectivity index is 3.72. The number of hydrogen-bond donors (Lipinski definition) is 0. The predicted octanol–water partition coefficient (Wildman–Crippen LogP) is -0.0952. The molecular weight excluding hydrogens is 168 g/mol. The molecular formula is C7H6N6. The van der Waals surface area contributed by atoms with Crippen LogP contribution in [-0.4, -0.2) is 22.9 Å². The van der Waals surface area contributed by atoms with Crippen molar-refractivity contribution in [1.29, 1.82) is 21.0 Å². The summed E-state index contributed by atoms with van der Waals surface area (Å²) in [5, 5.41) is 33.3. The summed E-state index contributed by atoms with van der Waals surface area (Å²) in [5.74, 6) is 0. The maximum atomic E-state index is 8.32. The van der Waals surface area contributed by atoms with Crippen LogP contribution < -0.4 is 0 Å². The molecule has 0 aliphatic heterocycles. The summed E-state index contributed by atoms with van der Waals surface area (Å²) in [6.45, 7) is 0.458. The van der Waals surface area contributed by atoms with E-state index in [0.29, 0.717) is 6.42 Å². The lowest BCUT2D eigenvalue weighted by molar-refractivity contribution is 0.454. The van der Waals surface area contributed by atoms with Crippen molar-refractivity contribution in [2.75, 3.05) is 13.1 Å². The van der Waals surface area contributed by atoms with Crippen LogP contribution in [0.15, 0.2) is 0 Å². The Hall–Kier alpha value is -2.44. The minimum atomic E-state index is 0.229. The molecule has 0 fully saturated rings. The van der Waals surface area contributed by atoms with Gasteiger partial charge in [0.05, 0.1) is 0 Å². The Morgan fingerprint density at radius 2 is 1.00 bits per heavy atom. The first-order valence-electron chi connectivity index (χ1n) is 3.42. The molecule has 0 amide bonds. The smallest absolute Gasteiger partial charge is 0.193 e. The van der Waals surface area contributed by atoms with Crippen LogP contribution in [0.5, 0.6) is 0 Å². The van der Waals surface area contributed by atoms with Gasteiger partial charge in [0.15, 0.2) is 24.8 Å². The zero-order valence-corrected chi connectivity index (χ0v) is 6.80. The lowest BCUT2D eigenvalue weighted by atomic mass is 10.4. The van der Waals surface area contributed by atoms with E-state index in [0.717, 1.165) is 9.80 Å². The number of hydrogen-bond acceptors (Lipinski definition) is 6. The topological polar surface area (TPSA) is 102 Å². The SMILES string of the molecule is N#CN(C#N)CCCN(C#N)C#N. The van der Waals surface area contributed by atoms with Crippen LogP contribution in [0.2, 0.25) is 0 Å². The molecule has 0 aromatic rings. The molecule has 0 aliphatic rings. The van der Waals surface area contributed by atoms with Crippen LogP contribution in [0.25, 0.3) is 0 Å². The molecule has 0 saturated carbocycles. The molecule has 0 aromatic carbocycles. The quantitative estimate of drug-likeness (QED) is 0.435.